The van der Waals surface area contributed by atoms with Crippen molar-refractivity contribution in [2.24, 2.45) is 0 Å². The van der Waals surface area contributed by atoms with Crippen LogP contribution < -0.4 is 10.6 Å². The number of hydrogen-bond acceptors (Lipinski definition) is 5. The molecule has 1 aliphatic rings. The third kappa shape index (κ3) is 3.44. The highest BCUT2D eigenvalue weighted by Crippen LogP contribution is 2.19. The summed E-state index contributed by atoms with van der Waals surface area (Å²) in [6.07, 6.45) is 1.03. The molecule has 0 radical (unpaired) electrons. The molecule has 6 nitrogen and oxygen atoms in total. The zero-order chi connectivity index (χ0) is 12.3. The summed E-state index contributed by atoms with van der Waals surface area (Å²) in [6, 6.07) is 0. The van der Waals surface area contributed by atoms with E-state index in [1.165, 1.54) is 6.20 Å². The van der Waals surface area contributed by atoms with Crippen LogP contribution in [-0.4, -0.2) is 41.7 Å². The maximum absolute atomic E-state index is 11.8. The highest BCUT2D eigenvalue weighted by atomic mass is 79.9. The molecule has 1 aliphatic heterocycles. The van der Waals surface area contributed by atoms with Crippen LogP contribution in [-0.2, 0) is 9.53 Å². The number of rotatable bonds is 2. The second-order valence-corrected chi connectivity index (χ2v) is 4.95. The maximum atomic E-state index is 11.8. The van der Waals surface area contributed by atoms with Gasteiger partial charge in [-0.1, -0.05) is 0 Å². The Balaban J connectivity index is 2.02. The molecule has 0 aliphatic carbocycles. The Morgan fingerprint density at radius 1 is 1.59 bits per heavy atom. The van der Waals surface area contributed by atoms with E-state index in [4.69, 9.17) is 4.74 Å². The number of halogens is 2. The van der Waals surface area contributed by atoms with Crippen molar-refractivity contribution in [3.05, 3.63) is 15.4 Å². The Kier molecular flexibility index (Phi) is 4.43. The third-order valence-electron chi connectivity index (χ3n) is 2.16. The van der Waals surface area contributed by atoms with Crippen molar-refractivity contribution in [1.29, 1.82) is 0 Å². The maximum Gasteiger partial charge on any atom is 0.256 e. The Morgan fingerprint density at radius 3 is 3.06 bits per heavy atom. The Hall–Kier alpha value is -0.570. The lowest BCUT2D eigenvalue weighted by molar-refractivity contribution is -0.128. The van der Waals surface area contributed by atoms with E-state index < -0.39 is 6.10 Å². The van der Waals surface area contributed by atoms with Gasteiger partial charge in [0.2, 0.25) is 0 Å². The van der Waals surface area contributed by atoms with Crippen LogP contribution >= 0.6 is 31.9 Å². The van der Waals surface area contributed by atoms with Crippen molar-refractivity contribution >= 4 is 43.6 Å². The first-order chi connectivity index (χ1) is 8.16. The van der Waals surface area contributed by atoms with Gasteiger partial charge in [0.05, 0.1) is 12.8 Å². The molecule has 1 aromatic heterocycles. The molecule has 0 spiro atoms. The molecule has 8 heteroatoms. The van der Waals surface area contributed by atoms with Crippen molar-refractivity contribution in [2.45, 2.75) is 6.10 Å². The normalized spacial score (nSPS) is 20.0. The SMILES string of the molecule is O=C(Nc1ncc(Br)nc1Br)C1CNCCO1. The van der Waals surface area contributed by atoms with Crippen LogP contribution in [0.15, 0.2) is 15.4 Å². The molecule has 1 fully saturated rings. The summed E-state index contributed by atoms with van der Waals surface area (Å²) >= 11 is 6.41. The highest BCUT2D eigenvalue weighted by molar-refractivity contribution is 9.11. The summed E-state index contributed by atoms with van der Waals surface area (Å²) in [6.45, 7) is 1.81. The fraction of sp³-hybridized carbons (Fsp3) is 0.444. The topological polar surface area (TPSA) is 76.1 Å². The number of ether oxygens (including phenoxy) is 1. The minimum Gasteiger partial charge on any atom is -0.366 e. The zero-order valence-corrected chi connectivity index (χ0v) is 11.9. The summed E-state index contributed by atoms with van der Waals surface area (Å²) in [7, 11) is 0. The Bertz CT molecular complexity index is 423. The quantitative estimate of drug-likeness (QED) is 0.815. The predicted molar refractivity (Wildman–Crippen MR) is 68.7 cm³/mol. The molecule has 2 heterocycles. The van der Waals surface area contributed by atoms with Gasteiger partial charge < -0.3 is 15.4 Å². The molecule has 17 heavy (non-hydrogen) atoms. The van der Waals surface area contributed by atoms with E-state index in [1.807, 2.05) is 0 Å². The van der Waals surface area contributed by atoms with Gasteiger partial charge in [0.25, 0.3) is 5.91 Å². The van der Waals surface area contributed by atoms with E-state index in [0.717, 1.165) is 6.54 Å². The van der Waals surface area contributed by atoms with Crippen molar-refractivity contribution < 1.29 is 9.53 Å². The zero-order valence-electron chi connectivity index (χ0n) is 8.74. The first kappa shape index (κ1) is 12.9. The Labute approximate surface area is 115 Å². The second-order valence-electron chi connectivity index (χ2n) is 3.38. The minimum atomic E-state index is -0.485. The largest absolute Gasteiger partial charge is 0.366 e. The number of hydrogen-bond donors (Lipinski definition) is 2. The number of carbonyl (C=O) groups excluding carboxylic acids is 1. The van der Waals surface area contributed by atoms with Crippen LogP contribution in [0.3, 0.4) is 0 Å². The number of nitrogens with one attached hydrogen (secondary N) is 2. The summed E-state index contributed by atoms with van der Waals surface area (Å²) in [5.74, 6) is 0.155. The lowest BCUT2D eigenvalue weighted by atomic mass is 10.3. The van der Waals surface area contributed by atoms with Crippen molar-refractivity contribution in [3.63, 3.8) is 0 Å². The van der Waals surface area contributed by atoms with Gasteiger partial charge in [0.1, 0.15) is 15.3 Å². The Morgan fingerprint density at radius 2 is 2.41 bits per heavy atom. The van der Waals surface area contributed by atoms with Crippen molar-refractivity contribution in [1.82, 2.24) is 15.3 Å². The average molecular weight is 366 g/mol. The first-order valence-corrected chi connectivity index (χ1v) is 6.56. The summed E-state index contributed by atoms with van der Waals surface area (Å²) in [5.41, 5.74) is 0. The predicted octanol–water partition coefficient (Wildman–Crippen LogP) is 0.928. The minimum absolute atomic E-state index is 0.227. The lowest BCUT2D eigenvalue weighted by Crippen LogP contribution is -2.45. The van der Waals surface area contributed by atoms with E-state index in [9.17, 15) is 4.79 Å². The molecule has 92 valence electrons. The van der Waals surface area contributed by atoms with Crippen LogP contribution in [0.4, 0.5) is 5.82 Å². The van der Waals surface area contributed by atoms with Gasteiger partial charge in [-0.2, -0.15) is 0 Å². The highest BCUT2D eigenvalue weighted by Gasteiger charge is 2.22. The summed E-state index contributed by atoms with van der Waals surface area (Å²) in [4.78, 5) is 19.9. The monoisotopic (exact) mass is 364 g/mol. The number of morpholine rings is 1. The number of aromatic nitrogens is 2. The third-order valence-corrected chi connectivity index (χ3v) is 3.10. The van der Waals surface area contributed by atoms with Crippen LogP contribution in [0.5, 0.6) is 0 Å². The molecule has 1 unspecified atom stereocenters. The molecule has 0 aromatic carbocycles. The molecular weight excluding hydrogens is 356 g/mol. The molecule has 2 rings (SSSR count). The van der Waals surface area contributed by atoms with Gasteiger partial charge in [-0.25, -0.2) is 9.97 Å². The van der Waals surface area contributed by atoms with Gasteiger partial charge in [-0.15, -0.1) is 0 Å². The summed E-state index contributed by atoms with van der Waals surface area (Å²) in [5, 5.41) is 5.75. The van der Waals surface area contributed by atoms with Crippen LogP contribution in [0.1, 0.15) is 0 Å². The van der Waals surface area contributed by atoms with Gasteiger partial charge >= 0.3 is 0 Å². The second kappa shape index (κ2) is 5.85. The number of amides is 1. The standard InChI is InChI=1S/C9H10Br2N4O2/c10-6-4-13-8(7(11)14-6)15-9(16)5-3-12-1-2-17-5/h4-5,12H,1-3H2,(H,13,15,16). The summed E-state index contributed by atoms with van der Waals surface area (Å²) < 4.78 is 6.40. The van der Waals surface area contributed by atoms with Crippen LogP contribution in [0.2, 0.25) is 0 Å². The first-order valence-electron chi connectivity index (χ1n) is 4.98. The van der Waals surface area contributed by atoms with Crippen molar-refractivity contribution in [3.8, 4) is 0 Å². The molecule has 1 saturated heterocycles. The van der Waals surface area contributed by atoms with Gasteiger partial charge in [0.15, 0.2) is 5.82 Å². The fourth-order valence-electron chi connectivity index (χ4n) is 1.36. The van der Waals surface area contributed by atoms with E-state index in [2.05, 4.69) is 52.5 Å². The number of anilines is 1. The van der Waals surface area contributed by atoms with E-state index in [-0.39, 0.29) is 5.91 Å². The molecule has 1 aromatic rings. The van der Waals surface area contributed by atoms with E-state index in [0.29, 0.717) is 28.2 Å². The van der Waals surface area contributed by atoms with Crippen LogP contribution in [0, 0.1) is 0 Å². The average Bonchev–Trinajstić information content (AvgIpc) is 2.34. The van der Waals surface area contributed by atoms with Gasteiger partial charge in [-0.3, -0.25) is 4.79 Å². The van der Waals surface area contributed by atoms with E-state index >= 15 is 0 Å². The number of carbonyl (C=O) groups is 1. The molecule has 0 bridgehead atoms. The number of nitrogens with zero attached hydrogens (tertiary/aromatic N) is 2. The van der Waals surface area contributed by atoms with E-state index in [1.54, 1.807) is 0 Å². The molecule has 1 amide bonds. The van der Waals surface area contributed by atoms with Crippen LogP contribution in [0.25, 0.3) is 0 Å². The lowest BCUT2D eigenvalue weighted by Gasteiger charge is -2.22. The van der Waals surface area contributed by atoms with Crippen molar-refractivity contribution in [2.75, 3.05) is 25.0 Å². The fourth-order valence-corrected chi connectivity index (χ4v) is 2.27. The molecular formula is C9H10Br2N4O2. The van der Waals surface area contributed by atoms with Gasteiger partial charge in [0, 0.05) is 13.1 Å². The van der Waals surface area contributed by atoms with Gasteiger partial charge in [-0.05, 0) is 31.9 Å². The molecule has 0 saturated carbocycles. The molecule has 2 N–H and O–H groups in total. The smallest absolute Gasteiger partial charge is 0.256 e. The molecule has 1 atom stereocenters.